The summed E-state index contributed by atoms with van der Waals surface area (Å²) in [6.07, 6.45) is 9.84. The molecule has 2 fully saturated rings. The summed E-state index contributed by atoms with van der Waals surface area (Å²) in [7, 11) is 1.50. The molecular formula is C17H32N2O2. The highest BCUT2D eigenvalue weighted by Crippen LogP contribution is 2.27. The van der Waals surface area contributed by atoms with E-state index in [9.17, 15) is 4.79 Å². The summed E-state index contributed by atoms with van der Waals surface area (Å²) >= 11 is 0. The second-order valence-corrected chi connectivity index (χ2v) is 7.10. The first-order chi connectivity index (χ1) is 10.0. The highest BCUT2D eigenvalue weighted by Gasteiger charge is 2.41. The number of carbonyl (C=O) groups is 1. The Morgan fingerprint density at radius 2 is 1.81 bits per heavy atom. The van der Waals surface area contributed by atoms with Gasteiger partial charge >= 0.3 is 5.97 Å². The van der Waals surface area contributed by atoms with Crippen molar-refractivity contribution in [2.75, 3.05) is 20.2 Å². The lowest BCUT2D eigenvalue weighted by atomic mass is 9.92. The van der Waals surface area contributed by atoms with E-state index < -0.39 is 5.54 Å². The number of carbonyl (C=O) groups excluding carboxylic acids is 1. The van der Waals surface area contributed by atoms with Crippen molar-refractivity contribution < 1.29 is 9.53 Å². The Balaban J connectivity index is 1.94. The van der Waals surface area contributed by atoms with Crippen molar-refractivity contribution in [2.24, 2.45) is 0 Å². The summed E-state index contributed by atoms with van der Waals surface area (Å²) in [4.78, 5) is 14.8. The van der Waals surface area contributed by atoms with Crippen molar-refractivity contribution in [2.45, 2.75) is 82.8 Å². The minimum atomic E-state index is -0.544. The van der Waals surface area contributed by atoms with Crippen LogP contribution in [0.2, 0.25) is 0 Å². The van der Waals surface area contributed by atoms with Gasteiger partial charge in [0.05, 0.1) is 7.11 Å². The van der Waals surface area contributed by atoms with Crippen LogP contribution in [-0.2, 0) is 9.53 Å². The zero-order valence-corrected chi connectivity index (χ0v) is 14.0. The maximum Gasteiger partial charge on any atom is 0.325 e. The number of esters is 1. The third-order valence-corrected chi connectivity index (χ3v) is 4.95. The number of hydrogen-bond donors (Lipinski definition) is 1. The molecule has 1 heterocycles. The number of nitrogens with zero attached hydrogens (tertiary/aromatic N) is 1. The zero-order valence-electron chi connectivity index (χ0n) is 14.0. The topological polar surface area (TPSA) is 41.6 Å². The molecule has 21 heavy (non-hydrogen) atoms. The van der Waals surface area contributed by atoms with Gasteiger partial charge in [-0.15, -0.1) is 0 Å². The first kappa shape index (κ1) is 16.8. The second-order valence-electron chi connectivity index (χ2n) is 7.10. The van der Waals surface area contributed by atoms with E-state index >= 15 is 0 Å². The van der Waals surface area contributed by atoms with Gasteiger partial charge < -0.3 is 9.64 Å². The monoisotopic (exact) mass is 296 g/mol. The van der Waals surface area contributed by atoms with Gasteiger partial charge in [-0.05, 0) is 59.0 Å². The number of likely N-dealkylation sites (tertiary alicyclic amines) is 1. The third kappa shape index (κ3) is 4.96. The molecule has 1 aliphatic carbocycles. The molecule has 0 aromatic rings. The van der Waals surface area contributed by atoms with Crippen molar-refractivity contribution in [3.05, 3.63) is 0 Å². The molecule has 0 aromatic carbocycles. The molecule has 0 spiro atoms. The molecule has 2 rings (SSSR count). The Labute approximate surface area is 129 Å². The maximum atomic E-state index is 12.2. The van der Waals surface area contributed by atoms with Crippen LogP contribution < -0.4 is 5.32 Å². The average molecular weight is 296 g/mol. The van der Waals surface area contributed by atoms with E-state index in [0.717, 1.165) is 6.42 Å². The maximum absolute atomic E-state index is 12.2. The highest BCUT2D eigenvalue weighted by molar-refractivity contribution is 5.80. The Bertz CT molecular complexity index is 336. The Kier molecular flexibility index (Phi) is 6.06. The van der Waals surface area contributed by atoms with Gasteiger partial charge in [0.25, 0.3) is 0 Å². The molecule has 4 heteroatoms. The molecule has 2 unspecified atom stereocenters. The third-order valence-electron chi connectivity index (χ3n) is 4.95. The minimum absolute atomic E-state index is 0.117. The SMILES string of the molecule is COC(=O)C(C)(CC(C)N1CCCCCCC1)NC1CC1. The van der Waals surface area contributed by atoms with E-state index in [0.29, 0.717) is 12.1 Å². The van der Waals surface area contributed by atoms with Crippen LogP contribution >= 0.6 is 0 Å². The summed E-state index contributed by atoms with van der Waals surface area (Å²) in [5.41, 5.74) is -0.544. The Morgan fingerprint density at radius 1 is 1.24 bits per heavy atom. The van der Waals surface area contributed by atoms with Crippen LogP contribution in [0.4, 0.5) is 0 Å². The molecule has 1 saturated carbocycles. The lowest BCUT2D eigenvalue weighted by Gasteiger charge is -2.37. The van der Waals surface area contributed by atoms with Gasteiger partial charge in [-0.1, -0.05) is 19.3 Å². The van der Waals surface area contributed by atoms with Crippen LogP contribution in [0.3, 0.4) is 0 Å². The standard InChI is InChI=1S/C17H32N2O2/c1-14(19-11-7-5-4-6-8-12-19)13-17(2,16(20)21-3)18-15-9-10-15/h14-15,18H,4-13H2,1-3H3. The summed E-state index contributed by atoms with van der Waals surface area (Å²) in [5, 5.41) is 3.51. The van der Waals surface area contributed by atoms with Crippen molar-refractivity contribution in [3.63, 3.8) is 0 Å². The molecule has 0 radical (unpaired) electrons. The number of ether oxygens (including phenoxy) is 1. The van der Waals surface area contributed by atoms with Crippen molar-refractivity contribution in [3.8, 4) is 0 Å². The fraction of sp³-hybridized carbons (Fsp3) is 0.941. The molecule has 2 atom stereocenters. The van der Waals surface area contributed by atoms with Gasteiger partial charge in [0.2, 0.25) is 0 Å². The van der Waals surface area contributed by atoms with Gasteiger partial charge in [-0.2, -0.15) is 0 Å². The largest absolute Gasteiger partial charge is 0.468 e. The molecule has 122 valence electrons. The predicted molar refractivity (Wildman–Crippen MR) is 85.3 cm³/mol. The molecule has 0 bridgehead atoms. The molecule has 1 aliphatic heterocycles. The predicted octanol–water partition coefficient (Wildman–Crippen LogP) is 2.71. The van der Waals surface area contributed by atoms with Crippen molar-refractivity contribution in [1.82, 2.24) is 10.2 Å². The minimum Gasteiger partial charge on any atom is -0.468 e. The summed E-state index contributed by atoms with van der Waals surface area (Å²) in [6, 6.07) is 0.923. The Morgan fingerprint density at radius 3 is 2.33 bits per heavy atom. The quantitative estimate of drug-likeness (QED) is 0.765. The van der Waals surface area contributed by atoms with Crippen LogP contribution in [0.25, 0.3) is 0 Å². The molecule has 4 nitrogen and oxygen atoms in total. The Hall–Kier alpha value is -0.610. The number of nitrogens with one attached hydrogen (secondary N) is 1. The number of methoxy groups -OCH3 is 1. The fourth-order valence-corrected chi connectivity index (χ4v) is 3.54. The average Bonchev–Trinajstić information content (AvgIpc) is 3.20. The lowest BCUT2D eigenvalue weighted by molar-refractivity contribution is -0.149. The van der Waals surface area contributed by atoms with E-state index in [1.54, 1.807) is 0 Å². The highest BCUT2D eigenvalue weighted by atomic mass is 16.5. The van der Waals surface area contributed by atoms with Gasteiger partial charge in [0.1, 0.15) is 5.54 Å². The smallest absolute Gasteiger partial charge is 0.325 e. The molecule has 1 N–H and O–H groups in total. The van der Waals surface area contributed by atoms with E-state index in [4.69, 9.17) is 4.74 Å². The van der Waals surface area contributed by atoms with Gasteiger partial charge in [-0.3, -0.25) is 10.1 Å². The molecule has 0 aromatic heterocycles. The number of hydrogen-bond acceptors (Lipinski definition) is 4. The van der Waals surface area contributed by atoms with Crippen LogP contribution in [-0.4, -0.2) is 48.7 Å². The van der Waals surface area contributed by atoms with E-state index in [2.05, 4.69) is 17.1 Å². The molecule has 2 aliphatic rings. The zero-order chi connectivity index (χ0) is 15.3. The van der Waals surface area contributed by atoms with Crippen LogP contribution in [0.1, 0.15) is 65.2 Å². The van der Waals surface area contributed by atoms with Crippen molar-refractivity contribution >= 4 is 5.97 Å². The van der Waals surface area contributed by atoms with Gasteiger partial charge in [-0.25, -0.2) is 0 Å². The van der Waals surface area contributed by atoms with E-state index in [-0.39, 0.29) is 5.97 Å². The summed E-state index contributed by atoms with van der Waals surface area (Å²) in [5.74, 6) is -0.117. The molecule has 0 amide bonds. The first-order valence-electron chi connectivity index (χ1n) is 8.65. The van der Waals surface area contributed by atoms with Crippen molar-refractivity contribution in [1.29, 1.82) is 0 Å². The van der Waals surface area contributed by atoms with Crippen LogP contribution in [0.15, 0.2) is 0 Å². The van der Waals surface area contributed by atoms with E-state index in [1.165, 1.54) is 65.1 Å². The van der Waals surface area contributed by atoms with Gasteiger partial charge in [0, 0.05) is 12.1 Å². The first-order valence-corrected chi connectivity index (χ1v) is 8.65. The van der Waals surface area contributed by atoms with Crippen LogP contribution in [0, 0.1) is 0 Å². The van der Waals surface area contributed by atoms with E-state index in [1.807, 2.05) is 6.92 Å². The molecular weight excluding hydrogens is 264 g/mol. The lowest BCUT2D eigenvalue weighted by Crippen LogP contribution is -2.55. The van der Waals surface area contributed by atoms with Gasteiger partial charge in [0.15, 0.2) is 0 Å². The fourth-order valence-electron chi connectivity index (χ4n) is 3.54. The molecule has 1 saturated heterocycles. The second kappa shape index (κ2) is 7.59. The summed E-state index contributed by atoms with van der Waals surface area (Å²) < 4.78 is 5.06. The normalized spacial score (nSPS) is 25.5. The van der Waals surface area contributed by atoms with Crippen LogP contribution in [0.5, 0.6) is 0 Å². The number of rotatable bonds is 6. The summed E-state index contributed by atoms with van der Waals surface area (Å²) in [6.45, 7) is 6.61.